The van der Waals surface area contributed by atoms with Crippen LogP contribution in [0.4, 0.5) is 0 Å². The van der Waals surface area contributed by atoms with Crippen molar-refractivity contribution in [2.75, 3.05) is 7.05 Å². The Morgan fingerprint density at radius 1 is 1.39 bits per heavy atom. The number of rotatable bonds is 3. The van der Waals surface area contributed by atoms with Crippen molar-refractivity contribution in [3.05, 3.63) is 47.2 Å². The SMILES string of the molecule is CNC(c1cnc2ccsc2c1)c1ccnn1C. The van der Waals surface area contributed by atoms with Gasteiger partial charge in [-0.05, 0) is 36.2 Å². The van der Waals surface area contributed by atoms with E-state index in [1.165, 1.54) is 4.70 Å². The van der Waals surface area contributed by atoms with Crippen LogP contribution in [0.5, 0.6) is 0 Å². The molecule has 0 fully saturated rings. The van der Waals surface area contributed by atoms with E-state index < -0.39 is 0 Å². The molecule has 0 aliphatic rings. The Labute approximate surface area is 109 Å². The van der Waals surface area contributed by atoms with Crippen LogP contribution < -0.4 is 5.32 Å². The lowest BCUT2D eigenvalue weighted by molar-refractivity contribution is 0.605. The monoisotopic (exact) mass is 258 g/mol. The number of hydrogen-bond donors (Lipinski definition) is 1. The summed E-state index contributed by atoms with van der Waals surface area (Å²) in [5.74, 6) is 0. The van der Waals surface area contributed by atoms with Crippen LogP contribution in [0.1, 0.15) is 17.3 Å². The fourth-order valence-corrected chi connectivity index (χ4v) is 2.96. The second kappa shape index (κ2) is 4.51. The number of nitrogens with zero attached hydrogens (tertiary/aromatic N) is 3. The molecule has 0 aliphatic carbocycles. The molecule has 18 heavy (non-hydrogen) atoms. The minimum atomic E-state index is 0.122. The lowest BCUT2D eigenvalue weighted by atomic mass is 10.1. The molecule has 1 unspecified atom stereocenters. The fraction of sp³-hybridized carbons (Fsp3) is 0.231. The maximum Gasteiger partial charge on any atom is 0.0809 e. The van der Waals surface area contributed by atoms with Crippen molar-refractivity contribution >= 4 is 21.6 Å². The summed E-state index contributed by atoms with van der Waals surface area (Å²) in [6.07, 6.45) is 3.75. The first-order chi connectivity index (χ1) is 8.79. The van der Waals surface area contributed by atoms with Crippen LogP contribution in [0.3, 0.4) is 0 Å². The third-order valence-corrected chi connectivity index (χ3v) is 3.95. The molecule has 0 bridgehead atoms. The van der Waals surface area contributed by atoms with E-state index in [9.17, 15) is 0 Å². The largest absolute Gasteiger partial charge is 0.308 e. The number of pyridine rings is 1. The summed E-state index contributed by atoms with van der Waals surface area (Å²) in [6.45, 7) is 0. The topological polar surface area (TPSA) is 42.7 Å². The molecule has 3 aromatic heterocycles. The van der Waals surface area contributed by atoms with E-state index >= 15 is 0 Å². The molecule has 92 valence electrons. The van der Waals surface area contributed by atoms with E-state index in [4.69, 9.17) is 0 Å². The molecule has 3 rings (SSSR count). The number of aryl methyl sites for hydroxylation is 1. The molecule has 0 saturated carbocycles. The van der Waals surface area contributed by atoms with Crippen molar-refractivity contribution in [3.63, 3.8) is 0 Å². The Kier molecular flexibility index (Phi) is 2.85. The third-order valence-electron chi connectivity index (χ3n) is 3.10. The van der Waals surface area contributed by atoms with Crippen LogP contribution >= 0.6 is 11.3 Å². The predicted octanol–water partition coefficient (Wildman–Crippen LogP) is 2.34. The van der Waals surface area contributed by atoms with Crippen molar-refractivity contribution < 1.29 is 0 Å². The van der Waals surface area contributed by atoms with Gasteiger partial charge in [0.2, 0.25) is 0 Å². The Balaban J connectivity index is 2.08. The van der Waals surface area contributed by atoms with E-state index in [1.54, 1.807) is 11.3 Å². The molecule has 0 saturated heterocycles. The van der Waals surface area contributed by atoms with Gasteiger partial charge in [0.1, 0.15) is 0 Å². The molecule has 0 spiro atoms. The highest BCUT2D eigenvalue weighted by Crippen LogP contribution is 2.26. The van der Waals surface area contributed by atoms with Crippen LogP contribution in [-0.2, 0) is 7.05 Å². The van der Waals surface area contributed by atoms with Gasteiger partial charge in [0.05, 0.1) is 22.0 Å². The fourth-order valence-electron chi connectivity index (χ4n) is 2.17. The van der Waals surface area contributed by atoms with Gasteiger partial charge in [0.15, 0.2) is 0 Å². The van der Waals surface area contributed by atoms with Gasteiger partial charge in [0, 0.05) is 19.4 Å². The number of aromatic nitrogens is 3. The summed E-state index contributed by atoms with van der Waals surface area (Å²) < 4.78 is 3.11. The highest BCUT2D eigenvalue weighted by molar-refractivity contribution is 7.17. The van der Waals surface area contributed by atoms with E-state index in [2.05, 4.69) is 26.8 Å². The Hall–Kier alpha value is -1.72. The molecular formula is C13H14N4S. The summed E-state index contributed by atoms with van der Waals surface area (Å²) >= 11 is 1.72. The molecule has 0 radical (unpaired) electrons. The van der Waals surface area contributed by atoms with Crippen molar-refractivity contribution in [1.82, 2.24) is 20.1 Å². The van der Waals surface area contributed by atoms with Crippen molar-refractivity contribution in [3.8, 4) is 0 Å². The molecule has 1 atom stereocenters. The molecule has 0 aliphatic heterocycles. The zero-order valence-electron chi connectivity index (χ0n) is 10.3. The van der Waals surface area contributed by atoms with Crippen LogP contribution in [0, 0.1) is 0 Å². The van der Waals surface area contributed by atoms with E-state index in [1.807, 2.05) is 43.3 Å². The smallest absolute Gasteiger partial charge is 0.0809 e. The van der Waals surface area contributed by atoms with Crippen LogP contribution in [0.25, 0.3) is 10.2 Å². The second-order valence-electron chi connectivity index (χ2n) is 4.17. The van der Waals surface area contributed by atoms with Crippen LogP contribution in [0.2, 0.25) is 0 Å². The van der Waals surface area contributed by atoms with Crippen molar-refractivity contribution in [2.45, 2.75) is 6.04 Å². The molecule has 5 heteroatoms. The minimum Gasteiger partial charge on any atom is -0.308 e. The van der Waals surface area contributed by atoms with Gasteiger partial charge >= 0.3 is 0 Å². The molecule has 3 aromatic rings. The van der Waals surface area contributed by atoms with Gasteiger partial charge in [-0.15, -0.1) is 11.3 Å². The summed E-state index contributed by atoms with van der Waals surface area (Å²) in [6, 6.07) is 6.39. The summed E-state index contributed by atoms with van der Waals surface area (Å²) in [4.78, 5) is 4.49. The number of hydrogen-bond acceptors (Lipinski definition) is 4. The quantitative estimate of drug-likeness (QED) is 0.784. The average molecular weight is 258 g/mol. The standard InChI is InChI=1S/C13H14N4S/c1-14-13(11-3-5-16-17(11)2)9-7-12-10(15-8-9)4-6-18-12/h3-8,13-14H,1-2H3. The third kappa shape index (κ3) is 1.81. The van der Waals surface area contributed by atoms with Gasteiger partial charge < -0.3 is 5.32 Å². The minimum absolute atomic E-state index is 0.122. The lowest BCUT2D eigenvalue weighted by Gasteiger charge is -2.16. The maximum absolute atomic E-state index is 4.49. The summed E-state index contributed by atoms with van der Waals surface area (Å²) in [7, 11) is 3.91. The second-order valence-corrected chi connectivity index (χ2v) is 5.12. The number of thiophene rings is 1. The lowest BCUT2D eigenvalue weighted by Crippen LogP contribution is -2.20. The van der Waals surface area contributed by atoms with E-state index in [0.717, 1.165) is 16.8 Å². The normalized spacial score (nSPS) is 13.0. The first-order valence-corrected chi connectivity index (χ1v) is 6.66. The molecule has 1 N–H and O–H groups in total. The number of nitrogens with one attached hydrogen (secondary N) is 1. The highest BCUT2D eigenvalue weighted by Gasteiger charge is 2.16. The highest BCUT2D eigenvalue weighted by atomic mass is 32.1. The predicted molar refractivity (Wildman–Crippen MR) is 73.7 cm³/mol. The molecule has 0 aromatic carbocycles. The van der Waals surface area contributed by atoms with Gasteiger partial charge in [-0.1, -0.05) is 0 Å². The first kappa shape index (κ1) is 11.4. The van der Waals surface area contributed by atoms with Gasteiger partial charge in [-0.2, -0.15) is 5.10 Å². The molecule has 0 amide bonds. The Morgan fingerprint density at radius 3 is 3.00 bits per heavy atom. The molecule has 4 nitrogen and oxygen atoms in total. The average Bonchev–Trinajstić information content (AvgIpc) is 2.99. The zero-order valence-corrected chi connectivity index (χ0v) is 11.1. The summed E-state index contributed by atoms with van der Waals surface area (Å²) in [5, 5.41) is 9.61. The zero-order chi connectivity index (χ0) is 12.5. The van der Waals surface area contributed by atoms with E-state index in [-0.39, 0.29) is 6.04 Å². The van der Waals surface area contributed by atoms with Gasteiger partial charge in [-0.25, -0.2) is 0 Å². The first-order valence-electron chi connectivity index (χ1n) is 5.78. The van der Waals surface area contributed by atoms with Crippen molar-refractivity contribution in [2.24, 2.45) is 7.05 Å². The van der Waals surface area contributed by atoms with Crippen LogP contribution in [0.15, 0.2) is 36.0 Å². The number of fused-ring (bicyclic) bond motifs is 1. The Bertz CT molecular complexity index is 670. The van der Waals surface area contributed by atoms with Crippen molar-refractivity contribution in [1.29, 1.82) is 0 Å². The molecular weight excluding hydrogens is 244 g/mol. The maximum atomic E-state index is 4.49. The molecule has 3 heterocycles. The van der Waals surface area contributed by atoms with Crippen LogP contribution in [-0.4, -0.2) is 21.8 Å². The summed E-state index contributed by atoms with van der Waals surface area (Å²) in [5.41, 5.74) is 3.36. The van der Waals surface area contributed by atoms with Gasteiger partial charge in [0.25, 0.3) is 0 Å². The van der Waals surface area contributed by atoms with Gasteiger partial charge in [-0.3, -0.25) is 9.67 Å². The van der Waals surface area contributed by atoms with E-state index in [0.29, 0.717) is 0 Å². The Morgan fingerprint density at radius 2 is 2.28 bits per heavy atom.